The van der Waals surface area contributed by atoms with Gasteiger partial charge in [0, 0.05) is 24.3 Å². The lowest BCUT2D eigenvalue weighted by Crippen LogP contribution is -2.46. The van der Waals surface area contributed by atoms with E-state index in [0.717, 1.165) is 6.42 Å². The highest BCUT2D eigenvalue weighted by molar-refractivity contribution is 5.91. The van der Waals surface area contributed by atoms with Crippen molar-refractivity contribution in [2.75, 3.05) is 5.32 Å². The molecule has 1 saturated heterocycles. The summed E-state index contributed by atoms with van der Waals surface area (Å²) in [6.45, 7) is 9.79. The van der Waals surface area contributed by atoms with Gasteiger partial charge in [0.1, 0.15) is 17.0 Å². The quantitative estimate of drug-likeness (QED) is 0.840. The summed E-state index contributed by atoms with van der Waals surface area (Å²) < 4.78 is 17.5. The van der Waals surface area contributed by atoms with Gasteiger partial charge >= 0.3 is 5.63 Å². The van der Waals surface area contributed by atoms with Crippen molar-refractivity contribution in [3.8, 4) is 5.75 Å². The van der Waals surface area contributed by atoms with Gasteiger partial charge in [-0.3, -0.25) is 4.79 Å². The fourth-order valence-corrected chi connectivity index (χ4v) is 3.41. The fraction of sp³-hybridized carbons (Fsp3) is 0.500. The Morgan fingerprint density at radius 3 is 2.69 bits per heavy atom. The second kappa shape index (κ2) is 6.76. The largest absolute Gasteiger partial charge is 0.464 e. The predicted octanol–water partition coefficient (Wildman–Crippen LogP) is 3.93. The van der Waals surface area contributed by atoms with Gasteiger partial charge in [0.15, 0.2) is 0 Å². The third-order valence-electron chi connectivity index (χ3n) is 4.85. The molecule has 1 aliphatic rings. The van der Waals surface area contributed by atoms with Crippen molar-refractivity contribution in [3.05, 3.63) is 34.7 Å². The number of benzene rings is 1. The van der Waals surface area contributed by atoms with Crippen molar-refractivity contribution in [1.82, 2.24) is 0 Å². The van der Waals surface area contributed by atoms with Gasteiger partial charge in [-0.1, -0.05) is 13.8 Å². The molecule has 1 aromatic heterocycles. The van der Waals surface area contributed by atoms with Crippen LogP contribution in [0.4, 0.5) is 5.69 Å². The normalized spacial score (nSPS) is 25.0. The molecule has 0 bridgehead atoms. The average Bonchev–Trinajstić information content (AvgIpc) is 2.52. The van der Waals surface area contributed by atoms with E-state index in [2.05, 4.69) is 33.0 Å². The van der Waals surface area contributed by atoms with E-state index in [1.165, 1.54) is 6.92 Å². The van der Waals surface area contributed by atoms with Crippen LogP contribution in [-0.2, 0) is 9.53 Å². The molecule has 3 rings (SSSR count). The number of fused-ring (bicyclic) bond motifs is 1. The highest BCUT2D eigenvalue weighted by Crippen LogP contribution is 2.37. The summed E-state index contributed by atoms with van der Waals surface area (Å²) >= 11 is 0. The third-order valence-corrected chi connectivity index (χ3v) is 4.85. The molecule has 1 N–H and O–H groups in total. The van der Waals surface area contributed by atoms with E-state index in [-0.39, 0.29) is 29.4 Å². The molecule has 1 unspecified atom stereocenters. The topological polar surface area (TPSA) is 77.8 Å². The maximum atomic E-state index is 12.0. The molecule has 2 heterocycles. The van der Waals surface area contributed by atoms with Crippen molar-refractivity contribution in [1.29, 1.82) is 0 Å². The van der Waals surface area contributed by atoms with Gasteiger partial charge in [0.2, 0.25) is 12.2 Å². The summed E-state index contributed by atoms with van der Waals surface area (Å²) in [4.78, 5) is 23.2. The van der Waals surface area contributed by atoms with Crippen LogP contribution in [0.15, 0.2) is 33.5 Å². The molecule has 1 aromatic carbocycles. The third kappa shape index (κ3) is 3.90. The molecule has 0 radical (unpaired) electrons. The lowest BCUT2D eigenvalue weighted by atomic mass is 9.82. The van der Waals surface area contributed by atoms with E-state index in [4.69, 9.17) is 13.9 Å². The van der Waals surface area contributed by atoms with Crippen LogP contribution in [0, 0.1) is 11.8 Å². The zero-order valence-corrected chi connectivity index (χ0v) is 15.8. The van der Waals surface area contributed by atoms with E-state index in [9.17, 15) is 9.59 Å². The number of rotatable bonds is 3. The molecule has 1 fully saturated rings. The number of nitrogens with one attached hydrogen (secondary N) is 1. The second-order valence-electron chi connectivity index (χ2n) is 7.73. The monoisotopic (exact) mass is 359 g/mol. The number of amides is 1. The summed E-state index contributed by atoms with van der Waals surface area (Å²) in [6, 6.07) is 6.87. The van der Waals surface area contributed by atoms with Crippen LogP contribution in [0.1, 0.15) is 41.0 Å². The number of carbonyl (C=O) groups is 1. The Bertz CT molecular complexity index is 885. The fourth-order valence-electron chi connectivity index (χ4n) is 3.41. The van der Waals surface area contributed by atoms with Crippen molar-refractivity contribution in [3.63, 3.8) is 0 Å². The Labute approximate surface area is 152 Å². The molecule has 0 aliphatic carbocycles. The van der Waals surface area contributed by atoms with Gasteiger partial charge in [-0.15, -0.1) is 0 Å². The van der Waals surface area contributed by atoms with Crippen LogP contribution in [0.25, 0.3) is 11.0 Å². The van der Waals surface area contributed by atoms with Gasteiger partial charge in [0.25, 0.3) is 0 Å². The van der Waals surface area contributed by atoms with E-state index in [1.807, 2.05) is 6.07 Å². The predicted molar refractivity (Wildman–Crippen MR) is 99.3 cm³/mol. The molecule has 0 spiro atoms. The molecular formula is C20H25NO5. The maximum absolute atomic E-state index is 12.0. The first-order chi connectivity index (χ1) is 12.1. The van der Waals surface area contributed by atoms with Crippen LogP contribution in [0.3, 0.4) is 0 Å². The molecule has 6 nitrogen and oxygen atoms in total. The summed E-state index contributed by atoms with van der Waals surface area (Å²) in [7, 11) is 0. The molecule has 140 valence electrons. The van der Waals surface area contributed by atoms with Gasteiger partial charge < -0.3 is 19.2 Å². The zero-order valence-electron chi connectivity index (χ0n) is 15.8. The number of hydrogen-bond acceptors (Lipinski definition) is 5. The van der Waals surface area contributed by atoms with Gasteiger partial charge in [-0.05, 0) is 44.4 Å². The highest BCUT2D eigenvalue weighted by Gasteiger charge is 2.39. The van der Waals surface area contributed by atoms with Crippen LogP contribution in [0.5, 0.6) is 5.75 Å². The summed E-state index contributed by atoms with van der Waals surface area (Å²) in [5.74, 6) is 0.974. The van der Waals surface area contributed by atoms with Crippen molar-refractivity contribution in [2.45, 2.75) is 52.9 Å². The Hall–Kier alpha value is -2.34. The summed E-state index contributed by atoms with van der Waals surface area (Å²) in [5.41, 5.74) is -0.314. The summed E-state index contributed by atoms with van der Waals surface area (Å²) in [6.07, 6.45) is 0.614. The SMILES string of the molecule is CC(=O)Nc1cc2ccc(OC3OC(C)(C)C[C@H](C)[C@@H]3C)cc2oc1=O. The molecule has 1 aliphatic heterocycles. The molecule has 1 amide bonds. The van der Waals surface area contributed by atoms with Crippen LogP contribution in [0.2, 0.25) is 0 Å². The van der Waals surface area contributed by atoms with Crippen LogP contribution in [-0.4, -0.2) is 17.8 Å². The van der Waals surface area contributed by atoms with Gasteiger partial charge in [-0.25, -0.2) is 4.79 Å². The minimum atomic E-state index is -0.595. The van der Waals surface area contributed by atoms with E-state index in [1.54, 1.807) is 18.2 Å². The Morgan fingerprint density at radius 1 is 1.27 bits per heavy atom. The van der Waals surface area contributed by atoms with Crippen LogP contribution < -0.4 is 15.7 Å². The van der Waals surface area contributed by atoms with Gasteiger partial charge in [0.05, 0.1) is 5.60 Å². The van der Waals surface area contributed by atoms with Crippen molar-refractivity contribution >= 4 is 22.6 Å². The Balaban J connectivity index is 1.87. The van der Waals surface area contributed by atoms with E-state index in [0.29, 0.717) is 22.6 Å². The lowest BCUT2D eigenvalue weighted by Gasteiger charge is -2.43. The zero-order chi connectivity index (χ0) is 19.1. The van der Waals surface area contributed by atoms with E-state index >= 15 is 0 Å². The standard InChI is InChI=1S/C20H25NO5/c1-11-10-20(4,5)26-19(12(11)2)24-15-7-6-14-8-16(21-13(3)22)18(23)25-17(14)9-15/h6-9,11-12,19H,10H2,1-5H3,(H,21,22)/t11-,12-,19?/m0/s1. The van der Waals surface area contributed by atoms with Crippen molar-refractivity contribution < 1.29 is 18.7 Å². The number of anilines is 1. The second-order valence-corrected chi connectivity index (χ2v) is 7.73. The molecular weight excluding hydrogens is 334 g/mol. The molecule has 2 aromatic rings. The Morgan fingerprint density at radius 2 is 2.00 bits per heavy atom. The number of ether oxygens (including phenoxy) is 2. The number of carbonyl (C=O) groups excluding carboxylic acids is 1. The minimum absolute atomic E-state index is 0.124. The first-order valence-corrected chi connectivity index (χ1v) is 8.84. The maximum Gasteiger partial charge on any atom is 0.360 e. The molecule has 0 saturated carbocycles. The smallest absolute Gasteiger partial charge is 0.360 e. The first-order valence-electron chi connectivity index (χ1n) is 8.84. The Kier molecular flexibility index (Phi) is 4.80. The highest BCUT2D eigenvalue weighted by atomic mass is 16.7. The lowest BCUT2D eigenvalue weighted by molar-refractivity contribution is -0.225. The van der Waals surface area contributed by atoms with E-state index < -0.39 is 5.63 Å². The summed E-state index contributed by atoms with van der Waals surface area (Å²) in [5, 5.41) is 3.17. The van der Waals surface area contributed by atoms with Crippen LogP contribution >= 0.6 is 0 Å². The molecule has 6 heteroatoms. The minimum Gasteiger partial charge on any atom is -0.464 e. The van der Waals surface area contributed by atoms with Crippen molar-refractivity contribution in [2.24, 2.45) is 11.8 Å². The molecule has 3 atom stereocenters. The average molecular weight is 359 g/mol. The number of hydrogen-bond donors (Lipinski definition) is 1. The first kappa shape index (κ1) is 18.5. The molecule has 26 heavy (non-hydrogen) atoms. The van der Waals surface area contributed by atoms with Gasteiger partial charge in [-0.2, -0.15) is 0 Å².